The molecule has 0 heterocycles. The third-order valence-corrected chi connectivity index (χ3v) is 8.84. The maximum atomic E-state index is 13.9. The molecule has 2 amide bonds. The molecule has 0 radical (unpaired) electrons. The quantitative estimate of drug-likeness (QED) is 0.308. The van der Waals surface area contributed by atoms with Crippen LogP contribution in [0.25, 0.3) is 0 Å². The number of halogens is 2. The van der Waals surface area contributed by atoms with Gasteiger partial charge < -0.3 is 10.2 Å². The highest BCUT2D eigenvalue weighted by Crippen LogP contribution is 2.28. The van der Waals surface area contributed by atoms with Crippen molar-refractivity contribution in [2.75, 3.05) is 17.4 Å². The first kappa shape index (κ1) is 30.5. The fraction of sp³-hybridized carbons (Fsp3) is 0.310. The molecule has 208 valence electrons. The number of para-hydroxylation sites is 1. The van der Waals surface area contributed by atoms with E-state index in [-0.39, 0.29) is 17.3 Å². The van der Waals surface area contributed by atoms with Gasteiger partial charge in [0, 0.05) is 13.1 Å². The number of nitrogens with zero attached hydrogens (tertiary/aromatic N) is 2. The average molecular weight is 591 g/mol. The van der Waals surface area contributed by atoms with E-state index in [2.05, 4.69) is 5.32 Å². The average Bonchev–Trinajstić information content (AvgIpc) is 2.91. The van der Waals surface area contributed by atoms with Gasteiger partial charge in [-0.2, -0.15) is 0 Å². The molecule has 39 heavy (non-hydrogen) atoms. The van der Waals surface area contributed by atoms with Crippen LogP contribution in [-0.2, 0) is 26.2 Å². The molecule has 3 rings (SSSR count). The fourth-order valence-electron chi connectivity index (χ4n) is 4.01. The highest BCUT2D eigenvalue weighted by atomic mass is 35.5. The number of benzene rings is 3. The lowest BCUT2D eigenvalue weighted by Gasteiger charge is -2.32. The van der Waals surface area contributed by atoms with Crippen molar-refractivity contribution in [1.82, 2.24) is 10.2 Å². The molecule has 0 aromatic heterocycles. The molecular formula is C29H33Cl2N3O4S. The molecule has 1 atom stereocenters. The van der Waals surface area contributed by atoms with Crippen molar-refractivity contribution in [3.05, 3.63) is 93.5 Å². The molecule has 0 saturated heterocycles. The van der Waals surface area contributed by atoms with E-state index in [1.165, 1.54) is 17.0 Å². The summed E-state index contributed by atoms with van der Waals surface area (Å²) >= 11 is 12.3. The molecule has 0 fully saturated rings. The molecule has 7 nitrogen and oxygen atoms in total. The molecule has 0 bridgehead atoms. The Labute approximate surface area is 240 Å². The summed E-state index contributed by atoms with van der Waals surface area (Å²) in [5, 5.41) is 3.49. The number of rotatable bonds is 11. The van der Waals surface area contributed by atoms with Crippen molar-refractivity contribution >= 4 is 50.7 Å². The summed E-state index contributed by atoms with van der Waals surface area (Å²) in [4.78, 5) is 28.3. The maximum absolute atomic E-state index is 13.9. The Morgan fingerprint density at radius 3 is 2.23 bits per heavy atom. The number of sulfonamides is 1. The van der Waals surface area contributed by atoms with E-state index in [1.807, 2.05) is 13.8 Å². The van der Waals surface area contributed by atoms with Gasteiger partial charge in [-0.3, -0.25) is 13.9 Å². The van der Waals surface area contributed by atoms with Gasteiger partial charge in [-0.15, -0.1) is 0 Å². The lowest BCUT2D eigenvalue weighted by molar-refractivity contribution is -0.139. The van der Waals surface area contributed by atoms with Crippen LogP contribution in [0.5, 0.6) is 0 Å². The van der Waals surface area contributed by atoms with Crippen molar-refractivity contribution in [1.29, 1.82) is 0 Å². The van der Waals surface area contributed by atoms with Gasteiger partial charge in [0.05, 0.1) is 20.6 Å². The van der Waals surface area contributed by atoms with E-state index in [1.54, 1.807) is 68.4 Å². The van der Waals surface area contributed by atoms with Crippen LogP contribution in [0.4, 0.5) is 5.69 Å². The normalized spacial score (nSPS) is 12.1. The minimum Gasteiger partial charge on any atom is -0.354 e. The van der Waals surface area contributed by atoms with Gasteiger partial charge in [0.2, 0.25) is 11.8 Å². The van der Waals surface area contributed by atoms with Gasteiger partial charge >= 0.3 is 0 Å². The van der Waals surface area contributed by atoms with Gasteiger partial charge in [0.25, 0.3) is 10.0 Å². The second kappa shape index (κ2) is 13.3. The zero-order valence-corrected chi connectivity index (χ0v) is 24.8. The van der Waals surface area contributed by atoms with Gasteiger partial charge in [-0.1, -0.05) is 72.1 Å². The first-order valence-electron chi connectivity index (χ1n) is 12.6. The number of amides is 2. The highest BCUT2D eigenvalue weighted by Gasteiger charge is 2.33. The first-order valence-corrected chi connectivity index (χ1v) is 14.8. The highest BCUT2D eigenvalue weighted by molar-refractivity contribution is 7.92. The van der Waals surface area contributed by atoms with E-state index in [4.69, 9.17) is 23.2 Å². The fourth-order valence-corrected chi connectivity index (χ4v) is 5.81. The molecule has 0 unspecified atom stereocenters. The molecule has 0 aliphatic heterocycles. The predicted octanol–water partition coefficient (Wildman–Crippen LogP) is 5.75. The van der Waals surface area contributed by atoms with Crippen molar-refractivity contribution in [3.8, 4) is 0 Å². The van der Waals surface area contributed by atoms with Crippen LogP contribution in [0, 0.1) is 13.8 Å². The SMILES string of the molecule is CCCNC(=O)[C@H](C)N(Cc1ccc(Cl)c(Cl)c1)C(=O)CN(c1ccccc1C)S(=O)(=O)c1ccc(C)cc1. The van der Waals surface area contributed by atoms with E-state index in [0.29, 0.717) is 33.4 Å². The maximum Gasteiger partial charge on any atom is 0.264 e. The van der Waals surface area contributed by atoms with Crippen LogP contribution in [0.2, 0.25) is 10.0 Å². The van der Waals surface area contributed by atoms with Crippen molar-refractivity contribution in [2.45, 2.75) is 51.6 Å². The summed E-state index contributed by atoms with van der Waals surface area (Å²) in [5.41, 5.74) is 2.62. The van der Waals surface area contributed by atoms with Gasteiger partial charge in [0.1, 0.15) is 12.6 Å². The number of hydrogen-bond acceptors (Lipinski definition) is 4. The molecule has 0 spiro atoms. The monoisotopic (exact) mass is 589 g/mol. The van der Waals surface area contributed by atoms with Gasteiger partial charge in [-0.25, -0.2) is 8.42 Å². The van der Waals surface area contributed by atoms with Crippen LogP contribution in [0.1, 0.15) is 37.0 Å². The Kier molecular flexibility index (Phi) is 10.4. The third-order valence-electron chi connectivity index (χ3n) is 6.33. The second-order valence-corrected chi connectivity index (χ2v) is 12.0. The number of carbonyl (C=O) groups excluding carboxylic acids is 2. The Morgan fingerprint density at radius 2 is 1.62 bits per heavy atom. The number of anilines is 1. The van der Waals surface area contributed by atoms with Crippen LogP contribution < -0.4 is 9.62 Å². The Bertz CT molecular complexity index is 1430. The lowest BCUT2D eigenvalue weighted by atomic mass is 10.1. The Balaban J connectivity index is 2.04. The van der Waals surface area contributed by atoms with Crippen LogP contribution in [0.15, 0.2) is 71.6 Å². The lowest BCUT2D eigenvalue weighted by Crippen LogP contribution is -2.51. The molecule has 0 aliphatic carbocycles. The summed E-state index contributed by atoms with van der Waals surface area (Å²) in [6.45, 7) is 7.18. The molecule has 1 N–H and O–H groups in total. The number of hydrogen-bond donors (Lipinski definition) is 1. The largest absolute Gasteiger partial charge is 0.354 e. The van der Waals surface area contributed by atoms with Crippen molar-refractivity contribution in [3.63, 3.8) is 0 Å². The standard InChI is InChI=1S/C29H33Cl2N3O4S/c1-5-16-32-29(36)22(4)33(18-23-12-15-25(30)26(31)17-23)28(35)19-34(27-9-7-6-8-21(27)3)39(37,38)24-13-10-20(2)11-14-24/h6-15,17,22H,5,16,18-19H2,1-4H3,(H,32,36)/t22-/m0/s1. The number of carbonyl (C=O) groups is 2. The minimum absolute atomic E-state index is 0.0304. The summed E-state index contributed by atoms with van der Waals surface area (Å²) in [6.07, 6.45) is 0.731. The molecule has 0 aliphatic rings. The number of nitrogens with one attached hydrogen (secondary N) is 1. The van der Waals surface area contributed by atoms with E-state index >= 15 is 0 Å². The van der Waals surface area contributed by atoms with Crippen molar-refractivity contribution < 1.29 is 18.0 Å². The second-order valence-electron chi connectivity index (χ2n) is 9.35. The minimum atomic E-state index is -4.12. The van der Waals surface area contributed by atoms with Gasteiger partial charge in [-0.05, 0) is 68.7 Å². The number of aryl methyl sites for hydroxylation is 2. The molecule has 10 heteroatoms. The smallest absolute Gasteiger partial charge is 0.264 e. The Morgan fingerprint density at radius 1 is 0.949 bits per heavy atom. The van der Waals surface area contributed by atoms with Crippen LogP contribution >= 0.6 is 23.2 Å². The van der Waals surface area contributed by atoms with Gasteiger partial charge in [0.15, 0.2) is 0 Å². The topological polar surface area (TPSA) is 86.8 Å². The molecule has 3 aromatic carbocycles. The Hall–Kier alpha value is -3.07. The summed E-state index contributed by atoms with van der Waals surface area (Å²) in [5.74, 6) is -0.881. The van der Waals surface area contributed by atoms with E-state index in [9.17, 15) is 18.0 Å². The van der Waals surface area contributed by atoms with Crippen LogP contribution in [0.3, 0.4) is 0 Å². The predicted molar refractivity (Wildman–Crippen MR) is 157 cm³/mol. The van der Waals surface area contributed by atoms with E-state index in [0.717, 1.165) is 16.3 Å². The van der Waals surface area contributed by atoms with Crippen LogP contribution in [-0.4, -0.2) is 44.3 Å². The summed E-state index contributed by atoms with van der Waals surface area (Å²) < 4.78 is 28.9. The zero-order valence-electron chi connectivity index (χ0n) is 22.4. The third kappa shape index (κ3) is 7.53. The van der Waals surface area contributed by atoms with Crippen molar-refractivity contribution in [2.24, 2.45) is 0 Å². The van der Waals surface area contributed by atoms with E-state index < -0.39 is 28.5 Å². The summed E-state index contributed by atoms with van der Waals surface area (Å²) in [7, 11) is -4.12. The molecule has 3 aromatic rings. The molecule has 0 saturated carbocycles. The zero-order chi connectivity index (χ0) is 28.7. The molecular weight excluding hydrogens is 557 g/mol. The summed E-state index contributed by atoms with van der Waals surface area (Å²) in [6, 6.07) is 17.5. The first-order chi connectivity index (χ1) is 18.4.